The van der Waals surface area contributed by atoms with Gasteiger partial charge >= 0.3 is 0 Å². The van der Waals surface area contributed by atoms with Crippen LogP contribution in [-0.4, -0.2) is 42.5 Å². The highest BCUT2D eigenvalue weighted by Gasteiger charge is 2.42. The van der Waals surface area contributed by atoms with Crippen molar-refractivity contribution in [2.45, 2.75) is 37.1 Å². The zero-order valence-electron chi connectivity index (χ0n) is 17.3. The molecule has 2 amide bonds. The van der Waals surface area contributed by atoms with Gasteiger partial charge in [-0.05, 0) is 55.6 Å². The fraction of sp³-hybridized carbons (Fsp3) is 0.476. The molecule has 0 bridgehead atoms. The van der Waals surface area contributed by atoms with Crippen molar-refractivity contribution >= 4 is 52.8 Å². The summed E-state index contributed by atoms with van der Waals surface area (Å²) in [5.41, 5.74) is 1.01. The third-order valence-electron chi connectivity index (χ3n) is 5.86. The van der Waals surface area contributed by atoms with Crippen LogP contribution in [0.2, 0.25) is 0 Å². The number of nitrogens with zero attached hydrogens (tertiary/aromatic N) is 1. The highest BCUT2D eigenvalue weighted by Crippen LogP contribution is 2.44. The molecule has 7 nitrogen and oxygen atoms in total. The van der Waals surface area contributed by atoms with E-state index >= 15 is 0 Å². The molecule has 3 atom stereocenters. The molecule has 10 heteroatoms. The summed E-state index contributed by atoms with van der Waals surface area (Å²) in [6.07, 6.45) is 2.84. The highest BCUT2D eigenvalue weighted by atomic mass is 35.5. The van der Waals surface area contributed by atoms with E-state index in [-0.39, 0.29) is 29.2 Å². The van der Waals surface area contributed by atoms with E-state index in [2.05, 4.69) is 10.6 Å². The maximum absolute atomic E-state index is 12.9. The van der Waals surface area contributed by atoms with E-state index in [9.17, 15) is 9.59 Å². The lowest BCUT2D eigenvalue weighted by molar-refractivity contribution is -0.123. The molecule has 1 saturated carbocycles. The molecule has 1 aliphatic carbocycles. The summed E-state index contributed by atoms with van der Waals surface area (Å²) < 4.78 is 13.1. The molecule has 1 aromatic heterocycles. The van der Waals surface area contributed by atoms with Gasteiger partial charge in [0.2, 0.25) is 5.91 Å². The summed E-state index contributed by atoms with van der Waals surface area (Å²) >= 11 is 13.1. The Balaban J connectivity index is 1.48. The average Bonchev–Trinajstić information content (AvgIpc) is 3.09. The van der Waals surface area contributed by atoms with Crippen LogP contribution in [-0.2, 0) is 11.2 Å². The number of amides is 2. The van der Waals surface area contributed by atoms with Crippen molar-refractivity contribution in [3.8, 4) is 11.5 Å². The third kappa shape index (κ3) is 4.31. The molecule has 3 unspecified atom stereocenters. The fourth-order valence-corrected chi connectivity index (χ4v) is 5.99. The number of nitrogens with one attached hydrogen (secondary N) is 2. The van der Waals surface area contributed by atoms with Crippen LogP contribution in [0.3, 0.4) is 0 Å². The van der Waals surface area contributed by atoms with Gasteiger partial charge in [0.05, 0.1) is 26.2 Å². The molecular weight excluding hydrogens is 458 g/mol. The number of fused-ring (bicyclic) bond motifs is 3. The van der Waals surface area contributed by atoms with E-state index in [0.29, 0.717) is 45.5 Å². The lowest BCUT2D eigenvalue weighted by Gasteiger charge is -2.38. The van der Waals surface area contributed by atoms with Gasteiger partial charge in [-0.1, -0.05) is 17.4 Å². The van der Waals surface area contributed by atoms with Gasteiger partial charge in [0, 0.05) is 11.9 Å². The summed E-state index contributed by atoms with van der Waals surface area (Å²) in [6, 6.07) is 5.58. The van der Waals surface area contributed by atoms with Crippen LogP contribution in [0.1, 0.15) is 40.5 Å². The zero-order chi connectivity index (χ0) is 22.1. The van der Waals surface area contributed by atoms with Crippen LogP contribution < -0.4 is 20.1 Å². The Labute approximate surface area is 194 Å². The van der Waals surface area contributed by atoms with Crippen molar-refractivity contribution in [3.63, 3.8) is 0 Å². The Bertz CT molecular complexity index is 1070. The lowest BCUT2D eigenvalue weighted by Crippen LogP contribution is -2.41. The van der Waals surface area contributed by atoms with E-state index < -0.39 is 0 Å². The second kappa shape index (κ2) is 9.18. The molecule has 2 aliphatic rings. The Kier molecular flexibility index (Phi) is 6.55. The quantitative estimate of drug-likeness (QED) is 0.478. The summed E-state index contributed by atoms with van der Waals surface area (Å²) in [7, 11) is 3.18. The van der Waals surface area contributed by atoms with Gasteiger partial charge in [0.25, 0.3) is 5.91 Å². The van der Waals surface area contributed by atoms with Crippen molar-refractivity contribution in [2.24, 2.45) is 5.92 Å². The molecule has 2 heterocycles. The molecule has 31 heavy (non-hydrogen) atoms. The first-order valence-corrected chi connectivity index (χ1v) is 11.8. The first-order valence-electron chi connectivity index (χ1n) is 10.1. The molecule has 2 aromatic rings. The van der Waals surface area contributed by atoms with E-state index in [4.69, 9.17) is 33.3 Å². The highest BCUT2D eigenvalue weighted by molar-refractivity contribution is 7.73. The molecule has 1 fully saturated rings. The van der Waals surface area contributed by atoms with Crippen molar-refractivity contribution in [1.82, 2.24) is 9.88 Å². The van der Waals surface area contributed by atoms with E-state index in [1.54, 1.807) is 14.2 Å². The van der Waals surface area contributed by atoms with Crippen LogP contribution in [0, 0.1) is 9.87 Å². The fourth-order valence-electron chi connectivity index (χ4n) is 4.29. The second-order valence-corrected chi connectivity index (χ2v) is 9.95. The monoisotopic (exact) mass is 481 g/mol. The van der Waals surface area contributed by atoms with Crippen LogP contribution in [0.25, 0.3) is 0 Å². The van der Waals surface area contributed by atoms with Gasteiger partial charge in [-0.3, -0.25) is 9.59 Å². The number of carbonyl (C=O) groups excluding carboxylic acids is 2. The van der Waals surface area contributed by atoms with Crippen LogP contribution in [0.4, 0.5) is 5.82 Å². The SMILES string of the molecule is COc1ccc(CCNC(=O)c2sc(=S)n3c2NC(=O)C2CCC(Cl)CC23)cc1OC. The average molecular weight is 482 g/mol. The van der Waals surface area contributed by atoms with E-state index in [1.165, 1.54) is 11.3 Å². The topological polar surface area (TPSA) is 81.6 Å². The maximum atomic E-state index is 12.9. The number of halogens is 1. The Morgan fingerprint density at radius 3 is 2.84 bits per heavy atom. The number of hydrogen-bond acceptors (Lipinski definition) is 6. The summed E-state index contributed by atoms with van der Waals surface area (Å²) in [6.45, 7) is 0.433. The minimum absolute atomic E-state index is 0.0144. The molecule has 2 N–H and O–H groups in total. The van der Waals surface area contributed by atoms with E-state index in [0.717, 1.165) is 18.4 Å². The molecule has 4 rings (SSSR count). The summed E-state index contributed by atoms with van der Waals surface area (Å²) in [5, 5.41) is 5.86. The molecule has 0 radical (unpaired) electrons. The lowest BCUT2D eigenvalue weighted by atomic mass is 9.82. The molecule has 1 aromatic carbocycles. The standard InChI is InChI=1S/C21H24ClN3O4S2/c1-28-15-6-3-11(9-16(15)29-2)7-8-23-20(27)17-18-24-19(26)13-5-4-12(22)10-14(13)25(18)21(30)31-17/h3,6,9,12-14H,4-5,7-8,10H2,1-2H3,(H,23,27)(H,24,26). The molecule has 0 spiro atoms. The minimum Gasteiger partial charge on any atom is -0.493 e. The number of rotatable bonds is 6. The third-order valence-corrected chi connectivity index (χ3v) is 7.66. The summed E-state index contributed by atoms with van der Waals surface area (Å²) in [5.74, 6) is 1.35. The largest absolute Gasteiger partial charge is 0.493 e. The number of anilines is 1. The van der Waals surface area contributed by atoms with Gasteiger partial charge in [0.15, 0.2) is 15.5 Å². The number of methoxy groups -OCH3 is 2. The van der Waals surface area contributed by atoms with Crippen molar-refractivity contribution in [2.75, 3.05) is 26.1 Å². The van der Waals surface area contributed by atoms with Crippen molar-refractivity contribution in [3.05, 3.63) is 32.6 Å². The normalized spacial score (nSPS) is 22.2. The minimum atomic E-state index is -0.248. The molecule has 1 aliphatic heterocycles. The first kappa shape index (κ1) is 22.1. The van der Waals surface area contributed by atoms with Crippen LogP contribution in [0.15, 0.2) is 18.2 Å². The molecule has 0 saturated heterocycles. The zero-order valence-corrected chi connectivity index (χ0v) is 19.7. The van der Waals surface area contributed by atoms with Gasteiger partial charge in [-0.25, -0.2) is 0 Å². The van der Waals surface area contributed by atoms with Gasteiger partial charge < -0.3 is 24.7 Å². The number of benzene rings is 1. The van der Waals surface area contributed by atoms with Crippen molar-refractivity contribution in [1.29, 1.82) is 0 Å². The Hall–Kier alpha value is -2.10. The predicted octanol–water partition coefficient (Wildman–Crippen LogP) is 4.17. The van der Waals surface area contributed by atoms with Crippen LogP contribution in [0.5, 0.6) is 11.5 Å². The predicted molar refractivity (Wildman–Crippen MR) is 123 cm³/mol. The van der Waals surface area contributed by atoms with E-state index in [1.807, 2.05) is 22.8 Å². The number of ether oxygens (including phenoxy) is 2. The summed E-state index contributed by atoms with van der Waals surface area (Å²) in [4.78, 5) is 26.0. The van der Waals surface area contributed by atoms with Gasteiger partial charge in [-0.2, -0.15) is 0 Å². The smallest absolute Gasteiger partial charge is 0.265 e. The second-order valence-electron chi connectivity index (χ2n) is 7.68. The molecule has 166 valence electrons. The van der Waals surface area contributed by atoms with Crippen molar-refractivity contribution < 1.29 is 19.1 Å². The number of carbonyl (C=O) groups is 2. The number of thiazole rings is 1. The van der Waals surface area contributed by atoms with Gasteiger partial charge in [-0.15, -0.1) is 11.6 Å². The number of alkyl halides is 1. The van der Waals surface area contributed by atoms with Gasteiger partial charge in [0.1, 0.15) is 10.7 Å². The number of hydrogen-bond donors (Lipinski definition) is 2. The Morgan fingerprint density at radius 1 is 1.32 bits per heavy atom. The van der Waals surface area contributed by atoms with Crippen LogP contribution >= 0.6 is 35.2 Å². The Morgan fingerprint density at radius 2 is 2.10 bits per heavy atom. The molecular formula is C21H24ClN3O4S2. The maximum Gasteiger partial charge on any atom is 0.265 e. The number of aromatic nitrogens is 1. The first-order chi connectivity index (χ1) is 14.9.